The van der Waals surface area contributed by atoms with Crippen LogP contribution in [-0.4, -0.2) is 25.1 Å². The number of methoxy groups -OCH3 is 2. The molecule has 1 aromatic heterocycles. The van der Waals surface area contributed by atoms with Gasteiger partial charge in [-0.2, -0.15) is 0 Å². The van der Waals surface area contributed by atoms with E-state index in [-0.39, 0.29) is 5.91 Å². The number of nitrogens with one attached hydrogen (secondary N) is 1. The SMILES string of the molecule is COc1ccc(NC(=O)c2ccc(CN)cn2)c(OC)c1. The maximum atomic E-state index is 12.1. The average Bonchev–Trinajstić information content (AvgIpc) is 2.55. The van der Waals surface area contributed by atoms with E-state index in [1.54, 1.807) is 43.6 Å². The largest absolute Gasteiger partial charge is 0.497 e. The van der Waals surface area contributed by atoms with Gasteiger partial charge in [-0.05, 0) is 23.8 Å². The van der Waals surface area contributed by atoms with E-state index in [1.807, 2.05) is 0 Å². The second kappa shape index (κ2) is 6.71. The minimum Gasteiger partial charge on any atom is -0.497 e. The van der Waals surface area contributed by atoms with Crippen molar-refractivity contribution < 1.29 is 14.3 Å². The molecule has 110 valence electrons. The van der Waals surface area contributed by atoms with Crippen molar-refractivity contribution in [2.75, 3.05) is 19.5 Å². The van der Waals surface area contributed by atoms with Crippen LogP contribution in [0, 0.1) is 0 Å². The molecule has 21 heavy (non-hydrogen) atoms. The number of amides is 1. The molecule has 0 unspecified atom stereocenters. The number of carbonyl (C=O) groups is 1. The summed E-state index contributed by atoms with van der Waals surface area (Å²) >= 11 is 0. The highest BCUT2D eigenvalue weighted by atomic mass is 16.5. The Kier molecular flexibility index (Phi) is 4.73. The topological polar surface area (TPSA) is 86.5 Å². The monoisotopic (exact) mass is 287 g/mol. The van der Waals surface area contributed by atoms with E-state index >= 15 is 0 Å². The standard InChI is InChI=1S/C15H17N3O3/c1-20-11-4-6-12(14(7-11)21-2)18-15(19)13-5-3-10(8-16)9-17-13/h3-7,9H,8,16H2,1-2H3,(H,18,19). The Balaban J connectivity index is 2.18. The molecule has 0 bridgehead atoms. The highest BCUT2D eigenvalue weighted by molar-refractivity contribution is 6.03. The van der Waals surface area contributed by atoms with Crippen molar-refractivity contribution in [1.82, 2.24) is 4.98 Å². The smallest absolute Gasteiger partial charge is 0.274 e. The number of carbonyl (C=O) groups excluding carboxylic acids is 1. The van der Waals surface area contributed by atoms with Crippen molar-refractivity contribution in [1.29, 1.82) is 0 Å². The highest BCUT2D eigenvalue weighted by Crippen LogP contribution is 2.29. The van der Waals surface area contributed by atoms with Gasteiger partial charge in [-0.15, -0.1) is 0 Å². The molecule has 1 amide bonds. The lowest BCUT2D eigenvalue weighted by atomic mass is 10.2. The molecular weight excluding hydrogens is 270 g/mol. The Morgan fingerprint density at radius 3 is 2.62 bits per heavy atom. The van der Waals surface area contributed by atoms with Gasteiger partial charge < -0.3 is 20.5 Å². The van der Waals surface area contributed by atoms with Crippen molar-refractivity contribution >= 4 is 11.6 Å². The van der Waals surface area contributed by atoms with Gasteiger partial charge in [0.25, 0.3) is 5.91 Å². The summed E-state index contributed by atoms with van der Waals surface area (Å²) < 4.78 is 10.3. The molecule has 2 aromatic rings. The number of benzene rings is 1. The normalized spacial score (nSPS) is 10.0. The Morgan fingerprint density at radius 1 is 1.24 bits per heavy atom. The summed E-state index contributed by atoms with van der Waals surface area (Å²) in [6.07, 6.45) is 1.58. The van der Waals surface area contributed by atoms with Crippen LogP contribution in [0.15, 0.2) is 36.5 Å². The molecule has 0 spiro atoms. The molecule has 0 radical (unpaired) electrons. The molecule has 0 atom stereocenters. The molecule has 0 aliphatic heterocycles. The first kappa shape index (κ1) is 14.8. The quantitative estimate of drug-likeness (QED) is 0.875. The summed E-state index contributed by atoms with van der Waals surface area (Å²) in [7, 11) is 3.09. The van der Waals surface area contributed by atoms with Crippen molar-refractivity contribution in [3.63, 3.8) is 0 Å². The average molecular weight is 287 g/mol. The highest BCUT2D eigenvalue weighted by Gasteiger charge is 2.11. The zero-order chi connectivity index (χ0) is 15.2. The molecule has 0 saturated carbocycles. The summed E-state index contributed by atoms with van der Waals surface area (Å²) in [5.74, 6) is 0.846. The molecule has 0 saturated heterocycles. The number of aromatic nitrogens is 1. The molecule has 0 aliphatic rings. The van der Waals surface area contributed by atoms with Crippen LogP contribution in [0.3, 0.4) is 0 Å². The van der Waals surface area contributed by atoms with Crippen LogP contribution in [-0.2, 0) is 6.54 Å². The number of rotatable bonds is 5. The predicted molar refractivity (Wildman–Crippen MR) is 79.6 cm³/mol. The number of anilines is 1. The first-order valence-electron chi connectivity index (χ1n) is 6.36. The second-order valence-electron chi connectivity index (χ2n) is 4.28. The van der Waals surface area contributed by atoms with Crippen LogP contribution in [0.2, 0.25) is 0 Å². The number of nitrogens with zero attached hydrogens (tertiary/aromatic N) is 1. The summed E-state index contributed by atoms with van der Waals surface area (Å²) in [5, 5.41) is 2.75. The molecule has 1 heterocycles. The zero-order valence-electron chi connectivity index (χ0n) is 11.9. The van der Waals surface area contributed by atoms with E-state index < -0.39 is 0 Å². The molecule has 1 aromatic carbocycles. The van der Waals surface area contributed by atoms with E-state index in [4.69, 9.17) is 15.2 Å². The summed E-state index contributed by atoms with van der Waals surface area (Å²) in [5.41, 5.74) is 7.22. The van der Waals surface area contributed by atoms with Gasteiger partial charge in [0, 0.05) is 18.8 Å². The van der Waals surface area contributed by atoms with E-state index in [0.717, 1.165) is 5.56 Å². The number of hydrogen-bond acceptors (Lipinski definition) is 5. The van der Waals surface area contributed by atoms with Crippen molar-refractivity contribution in [3.05, 3.63) is 47.8 Å². The van der Waals surface area contributed by atoms with Gasteiger partial charge in [0.1, 0.15) is 17.2 Å². The van der Waals surface area contributed by atoms with Crippen molar-refractivity contribution in [2.45, 2.75) is 6.54 Å². The Labute approximate surface area is 122 Å². The fraction of sp³-hybridized carbons (Fsp3) is 0.200. The molecule has 6 heteroatoms. The maximum Gasteiger partial charge on any atom is 0.274 e. The van der Waals surface area contributed by atoms with Crippen LogP contribution in [0.4, 0.5) is 5.69 Å². The second-order valence-corrected chi connectivity index (χ2v) is 4.28. The number of hydrogen-bond donors (Lipinski definition) is 2. The van der Waals surface area contributed by atoms with Crippen LogP contribution in [0.25, 0.3) is 0 Å². The van der Waals surface area contributed by atoms with E-state index in [1.165, 1.54) is 7.11 Å². The predicted octanol–water partition coefficient (Wildman–Crippen LogP) is 1.81. The fourth-order valence-electron chi connectivity index (χ4n) is 1.77. The number of nitrogens with two attached hydrogens (primary N) is 1. The van der Waals surface area contributed by atoms with Gasteiger partial charge in [-0.3, -0.25) is 9.78 Å². The number of ether oxygens (including phenoxy) is 2. The molecule has 6 nitrogen and oxygen atoms in total. The lowest BCUT2D eigenvalue weighted by Gasteiger charge is -2.11. The van der Waals surface area contributed by atoms with Crippen LogP contribution >= 0.6 is 0 Å². The van der Waals surface area contributed by atoms with Crippen molar-refractivity contribution in [2.24, 2.45) is 5.73 Å². The van der Waals surface area contributed by atoms with E-state index in [9.17, 15) is 4.79 Å². The summed E-state index contributed by atoms with van der Waals surface area (Å²) in [6.45, 7) is 0.390. The van der Waals surface area contributed by atoms with Gasteiger partial charge in [0.05, 0.1) is 19.9 Å². The third kappa shape index (κ3) is 3.49. The summed E-state index contributed by atoms with van der Waals surface area (Å²) in [4.78, 5) is 16.2. The molecule has 3 N–H and O–H groups in total. The Hall–Kier alpha value is -2.60. The van der Waals surface area contributed by atoms with Gasteiger partial charge in [0.15, 0.2) is 0 Å². The minimum absolute atomic E-state index is 0.310. The Morgan fingerprint density at radius 2 is 2.05 bits per heavy atom. The van der Waals surface area contributed by atoms with E-state index in [2.05, 4.69) is 10.3 Å². The third-order valence-corrected chi connectivity index (χ3v) is 2.95. The zero-order valence-corrected chi connectivity index (χ0v) is 11.9. The van der Waals surface area contributed by atoms with Gasteiger partial charge in [-0.25, -0.2) is 0 Å². The van der Waals surface area contributed by atoms with E-state index in [0.29, 0.717) is 29.4 Å². The maximum absolute atomic E-state index is 12.1. The first-order chi connectivity index (χ1) is 10.2. The minimum atomic E-state index is -0.318. The van der Waals surface area contributed by atoms with Gasteiger partial charge >= 0.3 is 0 Å². The molecule has 0 aliphatic carbocycles. The Bertz CT molecular complexity index is 627. The molecule has 2 rings (SSSR count). The van der Waals surface area contributed by atoms with Crippen LogP contribution in [0.1, 0.15) is 16.1 Å². The lowest BCUT2D eigenvalue weighted by molar-refractivity contribution is 0.102. The summed E-state index contributed by atoms with van der Waals surface area (Å²) in [6, 6.07) is 8.55. The van der Waals surface area contributed by atoms with Crippen molar-refractivity contribution in [3.8, 4) is 11.5 Å². The third-order valence-electron chi connectivity index (χ3n) is 2.95. The van der Waals surface area contributed by atoms with Crippen LogP contribution < -0.4 is 20.5 Å². The molecular formula is C15H17N3O3. The number of pyridine rings is 1. The van der Waals surface area contributed by atoms with Gasteiger partial charge in [0.2, 0.25) is 0 Å². The lowest BCUT2D eigenvalue weighted by Crippen LogP contribution is -2.14. The van der Waals surface area contributed by atoms with Gasteiger partial charge in [-0.1, -0.05) is 6.07 Å². The molecule has 0 fully saturated rings. The fourth-order valence-corrected chi connectivity index (χ4v) is 1.77. The first-order valence-corrected chi connectivity index (χ1v) is 6.36. The van der Waals surface area contributed by atoms with Crippen LogP contribution in [0.5, 0.6) is 11.5 Å².